The lowest BCUT2D eigenvalue weighted by molar-refractivity contribution is -0.123. The van der Waals surface area contributed by atoms with Crippen LogP contribution in [0.25, 0.3) is 0 Å². The average molecular weight is 279 g/mol. The third-order valence-corrected chi connectivity index (χ3v) is 3.26. The van der Waals surface area contributed by atoms with Crippen molar-refractivity contribution in [1.29, 1.82) is 0 Å². The number of carbonyl (C=O) groups excluding carboxylic acids is 1. The van der Waals surface area contributed by atoms with E-state index in [-0.39, 0.29) is 0 Å². The van der Waals surface area contributed by atoms with Crippen molar-refractivity contribution in [2.45, 2.75) is 6.10 Å². The second-order valence-electron chi connectivity index (χ2n) is 4.26. The molecule has 1 amide bonds. The lowest BCUT2D eigenvalue weighted by atomic mass is 10.1. The Kier molecular flexibility index (Phi) is 3.93. The summed E-state index contributed by atoms with van der Waals surface area (Å²) in [6, 6.07) is 3.38. The normalized spacial score (nSPS) is 16.7. The predicted molar refractivity (Wildman–Crippen MR) is 77.6 cm³/mol. The molecule has 1 unspecified atom stereocenters. The molecule has 0 radical (unpaired) electrons. The second kappa shape index (κ2) is 5.47. The first kappa shape index (κ1) is 13.6. The molecule has 0 aromatic heterocycles. The summed E-state index contributed by atoms with van der Waals surface area (Å²) in [6.07, 6.45) is 2.38. The Balaban J connectivity index is 2.42. The van der Waals surface area contributed by atoms with Gasteiger partial charge in [-0.1, -0.05) is 23.8 Å². The number of anilines is 2. The number of halogens is 1. The topological polar surface area (TPSA) is 52.6 Å². The Bertz CT molecular complexity index is 532. The highest BCUT2D eigenvalue weighted by Gasteiger charge is 2.30. The van der Waals surface area contributed by atoms with Crippen molar-refractivity contribution in [3.8, 4) is 0 Å². The molecule has 0 saturated heterocycles. The molecule has 2 N–H and O–H groups in total. The number of hydrogen-bond acceptors (Lipinski definition) is 3. The highest BCUT2D eigenvalue weighted by Crippen LogP contribution is 2.38. The molecule has 0 saturated carbocycles. The van der Waals surface area contributed by atoms with Gasteiger partial charge in [-0.05, 0) is 12.1 Å². The van der Waals surface area contributed by atoms with E-state index in [0.717, 1.165) is 5.69 Å². The van der Waals surface area contributed by atoms with Gasteiger partial charge in [0.05, 0.1) is 10.7 Å². The fourth-order valence-electron chi connectivity index (χ4n) is 2.08. The second-order valence-corrected chi connectivity index (χ2v) is 4.67. The van der Waals surface area contributed by atoms with Crippen molar-refractivity contribution < 1.29 is 9.90 Å². The number of aliphatic hydroxyl groups is 1. The summed E-state index contributed by atoms with van der Waals surface area (Å²) in [5.74, 6) is -0.429. The summed E-state index contributed by atoms with van der Waals surface area (Å²) >= 11 is 6.23. The molecule has 1 aliphatic heterocycles. The molecular weight excluding hydrogens is 264 g/mol. The van der Waals surface area contributed by atoms with Crippen LogP contribution in [0.5, 0.6) is 0 Å². The number of carbonyl (C=O) groups is 1. The first-order valence-corrected chi connectivity index (χ1v) is 6.25. The van der Waals surface area contributed by atoms with E-state index in [1.807, 2.05) is 4.90 Å². The molecule has 1 aromatic carbocycles. The monoisotopic (exact) mass is 278 g/mol. The lowest BCUT2D eigenvalue weighted by Gasteiger charge is -2.23. The molecule has 0 fully saturated rings. The van der Waals surface area contributed by atoms with Gasteiger partial charge >= 0.3 is 0 Å². The van der Waals surface area contributed by atoms with Crippen LogP contribution in [0.2, 0.25) is 5.02 Å². The van der Waals surface area contributed by atoms with E-state index < -0.39 is 12.0 Å². The zero-order valence-corrected chi connectivity index (χ0v) is 11.2. The quantitative estimate of drug-likeness (QED) is 0.814. The fraction of sp³-hybridized carbons (Fsp3) is 0.214. The maximum Gasteiger partial charge on any atom is 0.257 e. The Morgan fingerprint density at radius 2 is 2.00 bits per heavy atom. The smallest absolute Gasteiger partial charge is 0.257 e. The van der Waals surface area contributed by atoms with Crippen LogP contribution in [0.15, 0.2) is 37.4 Å². The Morgan fingerprint density at radius 3 is 2.58 bits per heavy atom. The van der Waals surface area contributed by atoms with Crippen LogP contribution in [0.1, 0.15) is 11.7 Å². The Morgan fingerprint density at radius 1 is 1.37 bits per heavy atom. The number of aliphatic hydroxyl groups excluding tert-OH is 1. The van der Waals surface area contributed by atoms with E-state index in [1.54, 1.807) is 24.3 Å². The Labute approximate surface area is 117 Å². The molecular formula is C14H15ClN2O2. The van der Waals surface area contributed by atoms with Crippen LogP contribution in [-0.4, -0.2) is 24.1 Å². The first-order chi connectivity index (χ1) is 9.08. The summed E-state index contributed by atoms with van der Waals surface area (Å²) in [6.45, 7) is 8.64. The molecule has 0 aliphatic carbocycles. The van der Waals surface area contributed by atoms with Crippen molar-refractivity contribution in [3.05, 3.63) is 48.0 Å². The molecule has 4 nitrogen and oxygen atoms in total. The number of nitrogens with one attached hydrogen (secondary N) is 1. The maximum absolute atomic E-state index is 11.4. The van der Waals surface area contributed by atoms with Crippen molar-refractivity contribution in [1.82, 2.24) is 0 Å². The zero-order chi connectivity index (χ0) is 14.0. The predicted octanol–water partition coefficient (Wildman–Crippen LogP) is 2.50. The SMILES string of the molecule is C=CCN(CC=C)c1cc2c(cc1Cl)C(O)C(=O)N2. The maximum atomic E-state index is 11.4. The third kappa shape index (κ3) is 2.50. The molecule has 1 aliphatic rings. The van der Waals surface area contributed by atoms with Crippen LogP contribution in [-0.2, 0) is 4.79 Å². The number of nitrogens with zero attached hydrogens (tertiary/aromatic N) is 1. The van der Waals surface area contributed by atoms with E-state index in [9.17, 15) is 9.90 Å². The average Bonchev–Trinajstić information content (AvgIpc) is 2.64. The first-order valence-electron chi connectivity index (χ1n) is 5.87. The van der Waals surface area contributed by atoms with Crippen molar-refractivity contribution in [2.24, 2.45) is 0 Å². The number of benzene rings is 1. The van der Waals surface area contributed by atoms with Crippen molar-refractivity contribution in [2.75, 3.05) is 23.3 Å². The summed E-state index contributed by atoms with van der Waals surface area (Å²) < 4.78 is 0. The van der Waals surface area contributed by atoms with Gasteiger partial charge in [0.1, 0.15) is 0 Å². The highest BCUT2D eigenvalue weighted by atomic mass is 35.5. The minimum Gasteiger partial charge on any atom is -0.378 e. The molecule has 1 aromatic rings. The van der Waals surface area contributed by atoms with Gasteiger partial charge in [-0.2, -0.15) is 0 Å². The van der Waals surface area contributed by atoms with Gasteiger partial charge in [0.2, 0.25) is 0 Å². The van der Waals surface area contributed by atoms with Gasteiger partial charge in [0, 0.05) is 24.3 Å². The number of fused-ring (bicyclic) bond motifs is 1. The van der Waals surface area contributed by atoms with Gasteiger partial charge in [0.25, 0.3) is 5.91 Å². The molecule has 2 rings (SSSR count). The van der Waals surface area contributed by atoms with E-state index in [1.165, 1.54) is 0 Å². The van der Waals surface area contributed by atoms with Gasteiger partial charge in [-0.3, -0.25) is 4.79 Å². The summed E-state index contributed by atoms with van der Waals surface area (Å²) in [4.78, 5) is 13.4. The Hall–Kier alpha value is -1.78. The number of rotatable bonds is 5. The standard InChI is InChI=1S/C14H15ClN2O2/c1-3-5-17(6-4-2)12-8-11-9(7-10(12)15)13(18)14(19)16-11/h3-4,7-8,13,18H,1-2,5-6H2,(H,16,19). The molecule has 1 atom stereocenters. The van der Waals surface area contributed by atoms with Gasteiger partial charge in [0.15, 0.2) is 6.10 Å². The fourth-order valence-corrected chi connectivity index (χ4v) is 2.37. The molecule has 100 valence electrons. The van der Waals surface area contributed by atoms with Crippen molar-refractivity contribution >= 4 is 28.9 Å². The van der Waals surface area contributed by atoms with Crippen LogP contribution in [0.3, 0.4) is 0 Å². The van der Waals surface area contributed by atoms with Crippen LogP contribution in [0, 0.1) is 0 Å². The van der Waals surface area contributed by atoms with Crippen LogP contribution < -0.4 is 10.2 Å². The minimum absolute atomic E-state index is 0.429. The molecule has 1 heterocycles. The van der Waals surface area contributed by atoms with E-state index in [0.29, 0.717) is 29.4 Å². The lowest BCUT2D eigenvalue weighted by Crippen LogP contribution is -2.23. The minimum atomic E-state index is -1.14. The third-order valence-electron chi connectivity index (χ3n) is 2.96. The number of amides is 1. The van der Waals surface area contributed by atoms with Gasteiger partial charge in [-0.15, -0.1) is 13.2 Å². The van der Waals surface area contributed by atoms with E-state index in [2.05, 4.69) is 18.5 Å². The van der Waals surface area contributed by atoms with Crippen molar-refractivity contribution in [3.63, 3.8) is 0 Å². The summed E-state index contributed by atoms with van der Waals surface area (Å²) in [5, 5.41) is 12.8. The van der Waals surface area contributed by atoms with E-state index in [4.69, 9.17) is 11.6 Å². The molecule has 0 spiro atoms. The molecule has 0 bridgehead atoms. The summed E-state index contributed by atoms with van der Waals surface area (Å²) in [7, 11) is 0. The van der Waals surface area contributed by atoms with Gasteiger partial charge in [-0.25, -0.2) is 0 Å². The van der Waals surface area contributed by atoms with Gasteiger partial charge < -0.3 is 15.3 Å². The zero-order valence-electron chi connectivity index (χ0n) is 10.4. The largest absolute Gasteiger partial charge is 0.378 e. The van der Waals surface area contributed by atoms with Crippen LogP contribution in [0.4, 0.5) is 11.4 Å². The number of hydrogen-bond donors (Lipinski definition) is 2. The molecule has 5 heteroatoms. The summed E-state index contributed by atoms with van der Waals surface area (Å²) in [5.41, 5.74) is 1.88. The molecule has 19 heavy (non-hydrogen) atoms. The van der Waals surface area contributed by atoms with E-state index >= 15 is 0 Å². The highest BCUT2D eigenvalue weighted by molar-refractivity contribution is 6.33. The van der Waals surface area contributed by atoms with Crippen LogP contribution >= 0.6 is 11.6 Å².